The molecule has 1 aliphatic rings. The maximum absolute atomic E-state index is 13.1. The van der Waals surface area contributed by atoms with Crippen LogP contribution in [-0.2, 0) is 6.54 Å². The number of nitrogens with zero attached hydrogens (tertiary/aromatic N) is 3. The molecule has 1 amide bonds. The fourth-order valence-electron chi connectivity index (χ4n) is 3.46. The number of aromatic nitrogens is 1. The van der Waals surface area contributed by atoms with Gasteiger partial charge in [0.2, 0.25) is 0 Å². The van der Waals surface area contributed by atoms with Gasteiger partial charge in [0.05, 0.1) is 23.6 Å². The van der Waals surface area contributed by atoms with E-state index in [4.69, 9.17) is 5.73 Å². The van der Waals surface area contributed by atoms with Crippen molar-refractivity contribution in [2.24, 2.45) is 0 Å². The Bertz CT molecular complexity index is 925. The van der Waals surface area contributed by atoms with Crippen molar-refractivity contribution in [3.63, 3.8) is 0 Å². The molecule has 0 spiro atoms. The molecular formula is C22H22N4O. The third-order valence-corrected chi connectivity index (χ3v) is 4.80. The highest BCUT2D eigenvalue weighted by Gasteiger charge is 2.25. The molecule has 2 aromatic carbocycles. The number of carbonyl (C=O) groups is 1. The highest BCUT2D eigenvalue weighted by molar-refractivity contribution is 6.08. The molecule has 4 rings (SSSR count). The quantitative estimate of drug-likeness (QED) is 0.725. The van der Waals surface area contributed by atoms with Gasteiger partial charge in [-0.1, -0.05) is 18.2 Å². The number of benzene rings is 2. The largest absolute Gasteiger partial charge is 0.399 e. The lowest BCUT2D eigenvalue weighted by Crippen LogP contribution is -2.31. The summed E-state index contributed by atoms with van der Waals surface area (Å²) < 4.78 is 0. The van der Waals surface area contributed by atoms with Crippen LogP contribution in [0.3, 0.4) is 0 Å². The standard InChI is InChI=1S/C22H22N4O/c23-18-11-9-17(10-12-18)22(27)26-15-5-14-25(16-19-6-3-4-13-24-19)20-7-1-2-8-21(20)26/h1-4,6-13H,5,14-16,23H2. The normalized spacial score (nSPS) is 13.8. The summed E-state index contributed by atoms with van der Waals surface area (Å²) in [7, 11) is 0. The Morgan fingerprint density at radius 2 is 1.67 bits per heavy atom. The van der Waals surface area contributed by atoms with Crippen LogP contribution < -0.4 is 15.5 Å². The molecule has 2 heterocycles. The predicted molar refractivity (Wildman–Crippen MR) is 109 cm³/mol. The van der Waals surface area contributed by atoms with Crippen LogP contribution in [0.4, 0.5) is 17.1 Å². The number of anilines is 3. The zero-order chi connectivity index (χ0) is 18.6. The number of pyridine rings is 1. The molecule has 136 valence electrons. The minimum atomic E-state index is 0.00198. The molecule has 0 saturated carbocycles. The molecule has 0 fully saturated rings. The number of hydrogen-bond acceptors (Lipinski definition) is 4. The van der Waals surface area contributed by atoms with E-state index < -0.39 is 0 Å². The summed E-state index contributed by atoms with van der Waals surface area (Å²) in [6.45, 7) is 2.28. The van der Waals surface area contributed by atoms with Gasteiger partial charge in [0.15, 0.2) is 0 Å². The van der Waals surface area contributed by atoms with Gasteiger partial charge >= 0.3 is 0 Å². The number of rotatable bonds is 3. The fraction of sp³-hybridized carbons (Fsp3) is 0.182. The van der Waals surface area contributed by atoms with Crippen LogP contribution in [0.5, 0.6) is 0 Å². The Hall–Kier alpha value is -3.34. The summed E-state index contributed by atoms with van der Waals surface area (Å²) >= 11 is 0. The van der Waals surface area contributed by atoms with Gasteiger partial charge in [-0.25, -0.2) is 0 Å². The fourth-order valence-corrected chi connectivity index (χ4v) is 3.46. The molecule has 0 aliphatic carbocycles. The van der Waals surface area contributed by atoms with Gasteiger partial charge in [-0.05, 0) is 55.0 Å². The second-order valence-corrected chi connectivity index (χ2v) is 6.66. The molecule has 1 aromatic heterocycles. The number of fused-ring (bicyclic) bond motifs is 1. The molecule has 0 atom stereocenters. The molecule has 0 unspecified atom stereocenters. The maximum Gasteiger partial charge on any atom is 0.258 e. The van der Waals surface area contributed by atoms with Crippen molar-refractivity contribution in [1.82, 2.24) is 4.98 Å². The van der Waals surface area contributed by atoms with Crippen molar-refractivity contribution in [3.05, 3.63) is 84.2 Å². The second-order valence-electron chi connectivity index (χ2n) is 6.66. The lowest BCUT2D eigenvalue weighted by molar-refractivity contribution is 0.0987. The lowest BCUT2D eigenvalue weighted by Gasteiger charge is -2.26. The van der Waals surface area contributed by atoms with Crippen LogP contribution in [-0.4, -0.2) is 24.0 Å². The third kappa shape index (κ3) is 3.62. The Kier molecular flexibility index (Phi) is 4.75. The molecule has 1 aliphatic heterocycles. The van der Waals surface area contributed by atoms with E-state index in [1.54, 1.807) is 24.3 Å². The van der Waals surface area contributed by atoms with Crippen molar-refractivity contribution in [2.75, 3.05) is 28.6 Å². The zero-order valence-corrected chi connectivity index (χ0v) is 15.1. The van der Waals surface area contributed by atoms with Crippen LogP contribution in [0, 0.1) is 0 Å². The van der Waals surface area contributed by atoms with E-state index in [1.165, 1.54) is 0 Å². The van der Waals surface area contributed by atoms with E-state index in [9.17, 15) is 4.79 Å². The monoisotopic (exact) mass is 358 g/mol. The van der Waals surface area contributed by atoms with Crippen LogP contribution in [0.2, 0.25) is 0 Å². The Morgan fingerprint density at radius 1 is 0.926 bits per heavy atom. The van der Waals surface area contributed by atoms with Gasteiger partial charge in [-0.15, -0.1) is 0 Å². The molecule has 0 bridgehead atoms. The minimum absolute atomic E-state index is 0.00198. The second kappa shape index (κ2) is 7.50. The maximum atomic E-state index is 13.1. The van der Waals surface area contributed by atoms with E-state index in [-0.39, 0.29) is 5.91 Å². The highest BCUT2D eigenvalue weighted by Crippen LogP contribution is 2.34. The molecule has 0 radical (unpaired) electrons. The first kappa shape index (κ1) is 17.1. The van der Waals surface area contributed by atoms with Crippen molar-refractivity contribution in [2.45, 2.75) is 13.0 Å². The van der Waals surface area contributed by atoms with Crippen molar-refractivity contribution < 1.29 is 4.79 Å². The minimum Gasteiger partial charge on any atom is -0.399 e. The molecule has 0 saturated heterocycles. The van der Waals surface area contributed by atoms with Crippen molar-refractivity contribution in [3.8, 4) is 0 Å². The van der Waals surface area contributed by atoms with E-state index in [2.05, 4.69) is 16.0 Å². The topological polar surface area (TPSA) is 62.5 Å². The number of para-hydroxylation sites is 2. The Balaban J connectivity index is 1.67. The van der Waals surface area contributed by atoms with E-state index in [0.29, 0.717) is 17.8 Å². The number of nitrogen functional groups attached to an aromatic ring is 1. The first-order valence-electron chi connectivity index (χ1n) is 9.14. The summed E-state index contributed by atoms with van der Waals surface area (Å²) in [6.07, 6.45) is 2.71. The average Bonchev–Trinajstić information content (AvgIpc) is 2.89. The third-order valence-electron chi connectivity index (χ3n) is 4.80. The Labute approximate surface area is 159 Å². The van der Waals surface area contributed by atoms with Gasteiger partial charge in [0, 0.05) is 30.5 Å². The smallest absolute Gasteiger partial charge is 0.258 e. The van der Waals surface area contributed by atoms with Gasteiger partial charge < -0.3 is 15.5 Å². The molecule has 2 N–H and O–H groups in total. The molecular weight excluding hydrogens is 336 g/mol. The first-order chi connectivity index (χ1) is 13.2. The number of hydrogen-bond donors (Lipinski definition) is 1. The van der Waals surface area contributed by atoms with Gasteiger partial charge in [-0.3, -0.25) is 9.78 Å². The van der Waals surface area contributed by atoms with Gasteiger partial charge in [0.1, 0.15) is 0 Å². The average molecular weight is 358 g/mol. The highest BCUT2D eigenvalue weighted by atomic mass is 16.2. The number of carbonyl (C=O) groups excluding carboxylic acids is 1. The predicted octanol–water partition coefficient (Wildman–Crippen LogP) is 3.72. The SMILES string of the molecule is Nc1ccc(C(=O)N2CCCN(Cc3ccccn3)c3ccccc32)cc1. The van der Waals surface area contributed by atoms with Gasteiger partial charge in [0.25, 0.3) is 5.91 Å². The summed E-state index contributed by atoms with van der Waals surface area (Å²) in [6, 6.07) is 21.2. The number of amides is 1. The first-order valence-corrected chi connectivity index (χ1v) is 9.14. The van der Waals surface area contributed by atoms with Crippen LogP contribution in [0.15, 0.2) is 72.9 Å². The van der Waals surface area contributed by atoms with Crippen molar-refractivity contribution >= 4 is 23.0 Å². The molecule has 5 heteroatoms. The lowest BCUT2D eigenvalue weighted by atomic mass is 10.1. The summed E-state index contributed by atoms with van der Waals surface area (Å²) in [5, 5.41) is 0. The van der Waals surface area contributed by atoms with Crippen LogP contribution in [0.25, 0.3) is 0 Å². The summed E-state index contributed by atoms with van der Waals surface area (Å²) in [5.41, 5.74) is 10.1. The number of nitrogens with two attached hydrogens (primary N) is 1. The summed E-state index contributed by atoms with van der Waals surface area (Å²) in [4.78, 5) is 21.8. The zero-order valence-electron chi connectivity index (χ0n) is 15.1. The van der Waals surface area contributed by atoms with Crippen LogP contribution >= 0.6 is 0 Å². The molecule has 27 heavy (non-hydrogen) atoms. The van der Waals surface area contributed by atoms with Gasteiger partial charge in [-0.2, -0.15) is 0 Å². The van der Waals surface area contributed by atoms with E-state index >= 15 is 0 Å². The van der Waals surface area contributed by atoms with Crippen LogP contribution in [0.1, 0.15) is 22.5 Å². The van der Waals surface area contributed by atoms with Crippen molar-refractivity contribution in [1.29, 1.82) is 0 Å². The Morgan fingerprint density at radius 3 is 2.41 bits per heavy atom. The molecule has 5 nitrogen and oxygen atoms in total. The van der Waals surface area contributed by atoms with E-state index in [0.717, 1.165) is 36.6 Å². The molecule has 3 aromatic rings. The summed E-state index contributed by atoms with van der Waals surface area (Å²) in [5.74, 6) is 0.00198. The van der Waals surface area contributed by atoms with E-state index in [1.807, 2.05) is 47.5 Å².